The number of thiocarbonyl (C=S) groups is 1. The zero-order valence-electron chi connectivity index (χ0n) is 18.5. The number of fused-ring (bicyclic) bond motifs is 1. The van der Waals surface area contributed by atoms with Gasteiger partial charge in [-0.05, 0) is 60.7 Å². The molecule has 0 aliphatic carbocycles. The number of hydrogen-bond donors (Lipinski definition) is 4. The van der Waals surface area contributed by atoms with Crippen molar-refractivity contribution in [2.75, 3.05) is 16.0 Å². The number of rotatable bonds is 5. The summed E-state index contributed by atoms with van der Waals surface area (Å²) in [5, 5.41) is 20.0. The van der Waals surface area contributed by atoms with Crippen LogP contribution < -0.4 is 16.0 Å². The Labute approximate surface area is 215 Å². The van der Waals surface area contributed by atoms with E-state index in [-0.39, 0.29) is 5.75 Å². The number of nitrogens with zero attached hydrogens (tertiary/aromatic N) is 4. The Bertz CT molecular complexity index is 1540. The highest BCUT2D eigenvalue weighted by Crippen LogP contribution is 2.29. The van der Waals surface area contributed by atoms with Gasteiger partial charge in [-0.2, -0.15) is 0 Å². The number of aromatic hydroxyl groups is 1. The van der Waals surface area contributed by atoms with Gasteiger partial charge in [-0.25, -0.2) is 9.97 Å². The van der Waals surface area contributed by atoms with Crippen molar-refractivity contribution >= 4 is 67.2 Å². The van der Waals surface area contributed by atoms with E-state index in [0.717, 1.165) is 32.4 Å². The molecule has 0 amide bonds. The van der Waals surface area contributed by atoms with Crippen molar-refractivity contribution in [2.24, 2.45) is 7.05 Å². The summed E-state index contributed by atoms with van der Waals surface area (Å²) in [6.07, 6.45) is 5.42. The number of aryl methyl sites for hydroxylation is 1. The van der Waals surface area contributed by atoms with Crippen molar-refractivity contribution in [1.82, 2.24) is 19.5 Å². The van der Waals surface area contributed by atoms with Crippen LogP contribution in [0.1, 0.15) is 0 Å². The molecular weight excluding hydrogens is 526 g/mol. The van der Waals surface area contributed by atoms with Gasteiger partial charge in [0.2, 0.25) is 0 Å². The number of halogens is 1. The topological polar surface area (TPSA) is 99.9 Å². The summed E-state index contributed by atoms with van der Waals surface area (Å²) in [4.78, 5) is 13.7. The normalized spacial score (nSPS) is 10.8. The van der Waals surface area contributed by atoms with Crippen LogP contribution in [0.4, 0.5) is 22.9 Å². The van der Waals surface area contributed by atoms with E-state index in [1.54, 1.807) is 30.6 Å². The number of benzene rings is 2. The molecule has 0 aliphatic heterocycles. The van der Waals surface area contributed by atoms with Crippen LogP contribution in [0.25, 0.3) is 22.4 Å². The summed E-state index contributed by atoms with van der Waals surface area (Å²) >= 11 is 8.84. The molecule has 0 fully saturated rings. The minimum absolute atomic E-state index is 0.102. The molecule has 0 saturated heterocycles. The van der Waals surface area contributed by atoms with Gasteiger partial charge in [0.15, 0.2) is 16.8 Å². The van der Waals surface area contributed by atoms with E-state index in [9.17, 15) is 5.11 Å². The smallest absolute Gasteiger partial charge is 0.175 e. The van der Waals surface area contributed by atoms with Crippen LogP contribution in [-0.2, 0) is 7.05 Å². The van der Waals surface area contributed by atoms with Gasteiger partial charge in [0.25, 0.3) is 0 Å². The number of nitrogens with one attached hydrogen (secondary N) is 3. The van der Waals surface area contributed by atoms with Crippen LogP contribution in [0.5, 0.6) is 5.75 Å². The Morgan fingerprint density at radius 3 is 2.63 bits per heavy atom. The van der Waals surface area contributed by atoms with Crippen LogP contribution in [0.15, 0.2) is 83.7 Å². The van der Waals surface area contributed by atoms with Crippen molar-refractivity contribution in [3.05, 3.63) is 83.7 Å². The number of phenols is 1. The largest absolute Gasteiger partial charge is 0.506 e. The lowest BCUT2D eigenvalue weighted by atomic mass is 10.2. The van der Waals surface area contributed by atoms with Gasteiger partial charge in [-0.3, -0.25) is 4.98 Å². The molecule has 174 valence electrons. The number of phenolic OH excluding ortho intramolecular Hbond substituents is 1. The minimum atomic E-state index is 0.102. The van der Waals surface area contributed by atoms with Crippen molar-refractivity contribution in [3.63, 3.8) is 0 Å². The maximum absolute atomic E-state index is 10.1. The molecule has 5 aromatic rings. The fourth-order valence-electron chi connectivity index (χ4n) is 3.61. The molecule has 0 unspecified atom stereocenters. The maximum atomic E-state index is 10.1. The van der Waals surface area contributed by atoms with Gasteiger partial charge in [0.1, 0.15) is 11.3 Å². The second-order valence-electron chi connectivity index (χ2n) is 7.74. The Morgan fingerprint density at radius 2 is 1.80 bits per heavy atom. The molecule has 10 heteroatoms. The third kappa shape index (κ3) is 5.08. The second kappa shape index (κ2) is 9.69. The SMILES string of the molecule is Cn1ccc2nc(-c3cccc(NC(=S)Nc4cc(Br)ccc4O)c3)nc(Nc3ccncc3)c21. The summed E-state index contributed by atoms with van der Waals surface area (Å²) in [5.41, 5.74) is 4.70. The molecule has 0 saturated carbocycles. The molecule has 0 atom stereocenters. The van der Waals surface area contributed by atoms with E-state index in [4.69, 9.17) is 22.2 Å². The van der Waals surface area contributed by atoms with Crippen molar-refractivity contribution in [1.29, 1.82) is 0 Å². The van der Waals surface area contributed by atoms with E-state index in [1.165, 1.54) is 0 Å². The van der Waals surface area contributed by atoms with Crippen LogP contribution in [0, 0.1) is 0 Å². The Kier molecular flexibility index (Phi) is 6.30. The standard InChI is InChI=1S/C25H20BrN7OS/c1-33-12-9-19-22(33)24(28-17-7-10-27-11-8-17)32-23(30-19)15-3-2-4-18(13-15)29-25(35)31-20-14-16(26)5-6-21(20)34/h2-14,34H,1H3,(H2,29,31,35)(H,27,28,30,32). The molecule has 8 nitrogen and oxygen atoms in total. The quantitative estimate of drug-likeness (QED) is 0.156. The minimum Gasteiger partial charge on any atom is -0.506 e. The first-order valence-electron chi connectivity index (χ1n) is 10.6. The number of hydrogen-bond acceptors (Lipinski definition) is 6. The predicted octanol–water partition coefficient (Wildman–Crippen LogP) is 6.05. The van der Waals surface area contributed by atoms with Gasteiger partial charge >= 0.3 is 0 Å². The molecule has 2 aromatic carbocycles. The van der Waals surface area contributed by atoms with Crippen molar-refractivity contribution in [3.8, 4) is 17.1 Å². The summed E-state index contributed by atoms with van der Waals surface area (Å²) < 4.78 is 2.81. The first-order chi connectivity index (χ1) is 17.0. The molecule has 35 heavy (non-hydrogen) atoms. The summed E-state index contributed by atoms with van der Waals surface area (Å²) in [6, 6.07) is 18.5. The van der Waals surface area contributed by atoms with Gasteiger partial charge in [-0.15, -0.1) is 0 Å². The molecule has 0 aliphatic rings. The molecule has 5 rings (SSSR count). The fourth-order valence-corrected chi connectivity index (χ4v) is 4.20. The van der Waals surface area contributed by atoms with Crippen LogP contribution in [0.3, 0.4) is 0 Å². The lowest BCUT2D eigenvalue weighted by Gasteiger charge is -2.13. The zero-order chi connectivity index (χ0) is 24.4. The summed E-state index contributed by atoms with van der Waals surface area (Å²) in [6.45, 7) is 0. The third-order valence-electron chi connectivity index (χ3n) is 5.25. The maximum Gasteiger partial charge on any atom is 0.175 e. The zero-order valence-corrected chi connectivity index (χ0v) is 20.9. The number of pyridine rings is 1. The second-order valence-corrected chi connectivity index (χ2v) is 9.06. The lowest BCUT2D eigenvalue weighted by Crippen LogP contribution is -2.19. The van der Waals surface area contributed by atoms with Crippen molar-refractivity contribution < 1.29 is 5.11 Å². The monoisotopic (exact) mass is 545 g/mol. The van der Waals surface area contributed by atoms with E-state index in [0.29, 0.717) is 22.4 Å². The van der Waals surface area contributed by atoms with Gasteiger partial charge in [0, 0.05) is 47.0 Å². The van der Waals surface area contributed by atoms with Crippen LogP contribution in [-0.4, -0.2) is 29.7 Å². The Hall–Kier alpha value is -4.02. The summed E-state index contributed by atoms with van der Waals surface area (Å²) in [5.74, 6) is 1.38. The van der Waals surface area contributed by atoms with E-state index in [1.807, 2.05) is 60.3 Å². The fraction of sp³-hybridized carbons (Fsp3) is 0.0400. The molecule has 4 N–H and O–H groups in total. The molecular formula is C25H20BrN7OS. The van der Waals surface area contributed by atoms with E-state index in [2.05, 4.69) is 36.9 Å². The van der Waals surface area contributed by atoms with Gasteiger partial charge in [-0.1, -0.05) is 28.1 Å². The first-order valence-corrected chi connectivity index (χ1v) is 11.8. The molecule has 0 spiro atoms. The number of aromatic nitrogens is 4. The number of anilines is 4. The highest BCUT2D eigenvalue weighted by atomic mass is 79.9. The highest BCUT2D eigenvalue weighted by molar-refractivity contribution is 9.10. The lowest BCUT2D eigenvalue weighted by molar-refractivity contribution is 0.478. The average molecular weight is 546 g/mol. The van der Waals surface area contributed by atoms with Gasteiger partial charge in [0.05, 0.1) is 11.2 Å². The molecule has 3 aromatic heterocycles. The highest BCUT2D eigenvalue weighted by Gasteiger charge is 2.13. The molecule has 3 heterocycles. The van der Waals surface area contributed by atoms with Crippen LogP contribution >= 0.6 is 28.1 Å². The average Bonchev–Trinajstić information content (AvgIpc) is 3.23. The third-order valence-corrected chi connectivity index (χ3v) is 5.95. The van der Waals surface area contributed by atoms with Crippen LogP contribution in [0.2, 0.25) is 0 Å². The molecule has 0 bridgehead atoms. The van der Waals surface area contributed by atoms with Gasteiger partial charge < -0.3 is 25.6 Å². The van der Waals surface area contributed by atoms with E-state index >= 15 is 0 Å². The Morgan fingerprint density at radius 1 is 0.971 bits per heavy atom. The van der Waals surface area contributed by atoms with E-state index < -0.39 is 0 Å². The Balaban J connectivity index is 1.43. The van der Waals surface area contributed by atoms with Crippen molar-refractivity contribution in [2.45, 2.75) is 0 Å². The first kappa shape index (κ1) is 22.8. The predicted molar refractivity (Wildman–Crippen MR) is 147 cm³/mol. The summed E-state index contributed by atoms with van der Waals surface area (Å²) in [7, 11) is 1.96. The molecule has 0 radical (unpaired) electrons.